The van der Waals surface area contributed by atoms with E-state index < -0.39 is 108 Å². The summed E-state index contributed by atoms with van der Waals surface area (Å²) >= 11 is 0. The summed E-state index contributed by atoms with van der Waals surface area (Å²) in [6.07, 6.45) is -34.1. The lowest BCUT2D eigenvalue weighted by molar-refractivity contribution is -0.455. The molecule has 0 saturated carbocycles. The lowest BCUT2D eigenvalue weighted by Gasteiger charge is -2.43. The molecule has 49 heavy (non-hydrogen) atoms. The number of hydrogen-bond donors (Lipinski definition) is 0. The van der Waals surface area contributed by atoms with Crippen LogP contribution in [-0.4, -0.2) is 108 Å². The van der Waals surface area contributed by atoms with E-state index >= 15 is 0 Å². The van der Waals surface area contributed by atoms with Crippen molar-refractivity contribution in [3.63, 3.8) is 0 Å². The lowest BCUT2D eigenvalue weighted by atomic mass is 10.2. The second-order valence-electron chi connectivity index (χ2n) is 8.63. The van der Waals surface area contributed by atoms with Crippen molar-refractivity contribution in [1.29, 1.82) is 0 Å². The quantitative estimate of drug-likeness (QED) is 0.0910. The zero-order valence-electron chi connectivity index (χ0n) is 21.5. The summed E-state index contributed by atoms with van der Waals surface area (Å²) in [6.45, 7) is -17.1. The molecule has 0 unspecified atom stereocenters. The van der Waals surface area contributed by atoms with Crippen molar-refractivity contribution < 1.29 is 141 Å². The molecule has 0 rings (SSSR count). The summed E-state index contributed by atoms with van der Waals surface area (Å²) in [5.74, 6) is -62.1. The molecular weight excluding hydrogens is 816 g/mol. The summed E-state index contributed by atoms with van der Waals surface area (Å²) in [7, 11) is -10.9. The molecule has 4 nitrogen and oxygen atoms in total. The Balaban J connectivity index is 8.46. The van der Waals surface area contributed by atoms with Crippen LogP contribution in [-0.2, 0) is 17.7 Å². The van der Waals surface area contributed by atoms with Gasteiger partial charge in [-0.1, -0.05) is 0 Å². The predicted molar refractivity (Wildman–Crippen MR) is 93.4 cm³/mol. The van der Waals surface area contributed by atoms with Crippen LogP contribution in [0.25, 0.3) is 0 Å². The average Bonchev–Trinajstić information content (AvgIpc) is 2.90. The molecular formula is C16H8F28O4Si. The van der Waals surface area contributed by atoms with E-state index in [0.717, 1.165) is 0 Å². The van der Waals surface area contributed by atoms with Crippen LogP contribution in [0.1, 0.15) is 0 Å². The highest BCUT2D eigenvalue weighted by Gasteiger charge is 2.86. The fraction of sp³-hybridized carbons (Fsp3) is 1.00. The summed E-state index contributed by atoms with van der Waals surface area (Å²) < 4.78 is 384. The highest BCUT2D eigenvalue weighted by molar-refractivity contribution is 6.54. The summed E-state index contributed by atoms with van der Waals surface area (Å²) in [5.41, 5.74) is 0. The van der Waals surface area contributed by atoms with Gasteiger partial charge in [-0.05, 0) is 0 Å². The minimum absolute atomic E-state index is 1.60. The molecule has 0 aliphatic heterocycles. The lowest BCUT2D eigenvalue weighted by Crippen LogP contribution is -2.73. The zero-order chi connectivity index (χ0) is 40.2. The number of hydrogen-bond acceptors (Lipinski definition) is 4. The van der Waals surface area contributed by atoms with Crippen LogP contribution >= 0.6 is 0 Å². The van der Waals surface area contributed by atoms with Gasteiger partial charge in [0.1, 0.15) is 0 Å². The van der Waals surface area contributed by atoms with Crippen LogP contribution < -0.4 is 0 Å². The number of rotatable bonds is 20. The molecule has 0 N–H and O–H groups in total. The molecule has 33 heteroatoms. The monoisotopic (exact) mass is 824 g/mol. The average molecular weight is 824 g/mol. The maximum atomic E-state index is 14.1. The largest absolute Gasteiger partial charge is 0.697 e. The van der Waals surface area contributed by atoms with Gasteiger partial charge in [0.2, 0.25) is 0 Å². The molecule has 0 heterocycles. The van der Waals surface area contributed by atoms with E-state index in [9.17, 15) is 123 Å². The van der Waals surface area contributed by atoms with E-state index in [4.69, 9.17) is 0 Å². The Hall–Kier alpha value is -1.90. The van der Waals surface area contributed by atoms with E-state index in [0.29, 0.717) is 0 Å². The molecule has 0 saturated heterocycles. The van der Waals surface area contributed by atoms with Gasteiger partial charge in [-0.25, -0.2) is 17.6 Å². The van der Waals surface area contributed by atoms with Gasteiger partial charge in [-0.3, -0.25) is 17.7 Å². The standard InChI is InChI=1S/C16H8F28O4Si/c17-1-5(21,22)9(29,30)13(37,38)45-49(46-14(39,40)10(31,32)6(23,24)2-18,47-15(41,42)11(33,34)7(25,26)3-19)48-16(43,44)12(35,36)8(27,28)4-20/h1-4H2. The first kappa shape index (κ1) is 47.1. The SMILES string of the molecule is FCC(F)(F)C(F)(F)C(F)(F)O[Si](OC(F)(F)C(F)(F)C(F)(F)CF)(OC(F)(F)C(F)(F)C(F)(F)CF)OC(F)(F)C(F)(F)C(F)(F)CF. The Morgan fingerprint density at radius 2 is 0.388 bits per heavy atom. The van der Waals surface area contributed by atoms with Gasteiger partial charge in [0, 0.05) is 0 Å². The molecule has 0 aromatic carbocycles. The smallest absolute Gasteiger partial charge is 0.285 e. The maximum Gasteiger partial charge on any atom is 0.697 e. The highest BCUT2D eigenvalue weighted by Crippen LogP contribution is 2.56. The summed E-state index contributed by atoms with van der Waals surface area (Å²) in [5, 5.41) is 0. The third-order valence-corrected chi connectivity index (χ3v) is 7.01. The Morgan fingerprint density at radius 1 is 0.265 bits per heavy atom. The van der Waals surface area contributed by atoms with Crippen LogP contribution in [0.5, 0.6) is 0 Å². The second-order valence-corrected chi connectivity index (χ2v) is 10.4. The van der Waals surface area contributed by atoms with E-state index in [1.165, 1.54) is 0 Å². The molecule has 0 fully saturated rings. The first-order valence-corrected chi connectivity index (χ1v) is 12.3. The van der Waals surface area contributed by atoms with Gasteiger partial charge >= 0.3 is 80.9 Å². The van der Waals surface area contributed by atoms with E-state index in [-0.39, 0.29) is 0 Å². The van der Waals surface area contributed by atoms with Crippen molar-refractivity contribution in [2.45, 2.75) is 71.8 Å². The van der Waals surface area contributed by atoms with Crippen molar-refractivity contribution in [1.82, 2.24) is 0 Å². The van der Waals surface area contributed by atoms with Crippen LogP contribution in [0, 0.1) is 0 Å². The number of halogens is 28. The summed E-state index contributed by atoms with van der Waals surface area (Å²) in [6, 6.07) is 0. The Labute approximate surface area is 249 Å². The Morgan fingerprint density at radius 3 is 0.490 bits per heavy atom. The minimum Gasteiger partial charge on any atom is -0.285 e. The fourth-order valence-corrected chi connectivity index (χ4v) is 4.22. The molecule has 296 valence electrons. The summed E-state index contributed by atoms with van der Waals surface area (Å²) in [4.78, 5) is 0. The van der Waals surface area contributed by atoms with Gasteiger partial charge in [0.15, 0.2) is 26.7 Å². The molecule has 0 aliphatic rings. The molecule has 0 aromatic heterocycles. The van der Waals surface area contributed by atoms with Gasteiger partial charge in [-0.15, -0.1) is 0 Å². The topological polar surface area (TPSA) is 36.9 Å². The molecule has 0 atom stereocenters. The van der Waals surface area contributed by atoms with Gasteiger partial charge in [0.25, 0.3) is 0 Å². The van der Waals surface area contributed by atoms with Crippen molar-refractivity contribution in [3.8, 4) is 0 Å². The maximum absolute atomic E-state index is 14.1. The molecule has 0 aromatic rings. The Kier molecular flexibility index (Phi) is 12.7. The van der Waals surface area contributed by atoms with Crippen LogP contribution in [0.15, 0.2) is 0 Å². The molecule has 0 aliphatic carbocycles. The fourth-order valence-electron chi connectivity index (χ4n) is 2.20. The molecule has 0 amide bonds. The van der Waals surface area contributed by atoms with E-state index in [2.05, 4.69) is 0 Å². The van der Waals surface area contributed by atoms with Crippen LogP contribution in [0.4, 0.5) is 123 Å². The van der Waals surface area contributed by atoms with Gasteiger partial charge < -0.3 is 0 Å². The van der Waals surface area contributed by atoms with Crippen molar-refractivity contribution in [2.24, 2.45) is 0 Å². The van der Waals surface area contributed by atoms with E-state index in [1.807, 2.05) is 0 Å². The van der Waals surface area contributed by atoms with Crippen molar-refractivity contribution >= 4 is 9.05 Å². The second kappa shape index (κ2) is 13.3. The highest BCUT2D eigenvalue weighted by atomic mass is 28.4. The van der Waals surface area contributed by atoms with Gasteiger partial charge in [-0.2, -0.15) is 105 Å². The van der Waals surface area contributed by atoms with E-state index in [1.54, 1.807) is 17.7 Å². The third-order valence-electron chi connectivity index (χ3n) is 4.98. The number of alkyl halides is 28. The first-order chi connectivity index (χ1) is 21.1. The van der Waals surface area contributed by atoms with Crippen molar-refractivity contribution in [2.75, 3.05) is 26.7 Å². The van der Waals surface area contributed by atoms with Crippen LogP contribution in [0.3, 0.4) is 0 Å². The molecule has 0 spiro atoms. The molecule has 0 bridgehead atoms. The molecule has 0 radical (unpaired) electrons. The van der Waals surface area contributed by atoms with Gasteiger partial charge in [0.05, 0.1) is 0 Å². The Bertz CT molecular complexity index is 950. The third kappa shape index (κ3) is 7.96. The van der Waals surface area contributed by atoms with Crippen LogP contribution in [0.2, 0.25) is 0 Å². The zero-order valence-corrected chi connectivity index (χ0v) is 22.5. The predicted octanol–water partition coefficient (Wildman–Crippen LogP) is 8.82. The van der Waals surface area contributed by atoms with Crippen molar-refractivity contribution in [3.05, 3.63) is 0 Å². The first-order valence-electron chi connectivity index (χ1n) is 10.7. The normalized spacial score (nSPS) is 16.4. The minimum atomic E-state index is -10.9.